The molecule has 1 saturated heterocycles. The third kappa shape index (κ3) is 0.886. The maximum absolute atomic E-state index is 7.17. The summed E-state index contributed by atoms with van der Waals surface area (Å²) in [6, 6.07) is 0. The van der Waals surface area contributed by atoms with Gasteiger partial charge >= 0.3 is 0 Å². The number of nitrogens with one attached hydrogen (secondary N) is 1. The van der Waals surface area contributed by atoms with E-state index in [1.807, 2.05) is 0 Å². The van der Waals surface area contributed by atoms with Crippen molar-refractivity contribution in [2.75, 3.05) is 6.61 Å². The predicted molar refractivity (Wildman–Crippen MR) is 32.1 cm³/mol. The van der Waals surface area contributed by atoms with Gasteiger partial charge in [-0.25, -0.2) is 0 Å². The minimum Gasteiger partial charge on any atom is -0.492 e. The quantitative estimate of drug-likeness (QED) is 0.502. The van der Waals surface area contributed by atoms with Crippen molar-refractivity contribution in [1.82, 2.24) is 0 Å². The SMILES string of the molecule is C=C1OCCCC1=N. The van der Waals surface area contributed by atoms with Crippen LogP contribution in [0.15, 0.2) is 12.3 Å². The monoisotopic (exact) mass is 111 g/mol. The lowest BCUT2D eigenvalue weighted by Gasteiger charge is -2.14. The summed E-state index contributed by atoms with van der Waals surface area (Å²) in [7, 11) is 0. The summed E-state index contributed by atoms with van der Waals surface area (Å²) in [5.74, 6) is 0.552. The van der Waals surface area contributed by atoms with Gasteiger partial charge in [0, 0.05) is 0 Å². The number of hydrogen-bond donors (Lipinski definition) is 1. The van der Waals surface area contributed by atoms with Crippen molar-refractivity contribution >= 4 is 5.71 Å². The molecule has 44 valence electrons. The first-order chi connectivity index (χ1) is 3.80. The number of hydrogen-bond acceptors (Lipinski definition) is 2. The normalized spacial score (nSPS) is 20.5. The summed E-state index contributed by atoms with van der Waals surface area (Å²) in [5.41, 5.74) is 0.552. The molecule has 0 aromatic carbocycles. The van der Waals surface area contributed by atoms with Crippen LogP contribution >= 0.6 is 0 Å². The highest BCUT2D eigenvalue weighted by Gasteiger charge is 2.08. The number of rotatable bonds is 0. The fraction of sp³-hybridized carbons (Fsp3) is 0.500. The lowest BCUT2D eigenvalue weighted by atomic mass is 10.1. The molecule has 2 heteroatoms. The van der Waals surface area contributed by atoms with Crippen molar-refractivity contribution < 1.29 is 4.74 Å². The second-order valence-corrected chi connectivity index (χ2v) is 1.85. The van der Waals surface area contributed by atoms with E-state index in [2.05, 4.69) is 6.58 Å². The third-order valence-electron chi connectivity index (χ3n) is 1.18. The van der Waals surface area contributed by atoms with Crippen LogP contribution in [0.3, 0.4) is 0 Å². The van der Waals surface area contributed by atoms with Crippen molar-refractivity contribution in [1.29, 1.82) is 5.41 Å². The minimum absolute atomic E-state index is 0.552. The Morgan fingerprint density at radius 1 is 1.62 bits per heavy atom. The maximum atomic E-state index is 7.17. The molecule has 0 aliphatic carbocycles. The van der Waals surface area contributed by atoms with E-state index in [-0.39, 0.29) is 0 Å². The van der Waals surface area contributed by atoms with Gasteiger partial charge in [0.15, 0.2) is 0 Å². The number of ether oxygens (including phenoxy) is 1. The van der Waals surface area contributed by atoms with Crippen LogP contribution in [0.1, 0.15) is 12.8 Å². The largest absolute Gasteiger partial charge is 0.492 e. The molecule has 0 saturated carbocycles. The van der Waals surface area contributed by atoms with Gasteiger partial charge in [0.2, 0.25) is 0 Å². The van der Waals surface area contributed by atoms with Crippen molar-refractivity contribution in [3.05, 3.63) is 12.3 Å². The molecule has 1 aliphatic heterocycles. The molecule has 1 aliphatic rings. The van der Waals surface area contributed by atoms with Gasteiger partial charge < -0.3 is 10.1 Å². The molecule has 0 aromatic rings. The van der Waals surface area contributed by atoms with Crippen LogP contribution in [0.25, 0.3) is 0 Å². The second-order valence-electron chi connectivity index (χ2n) is 1.85. The highest BCUT2D eigenvalue weighted by molar-refractivity contribution is 5.95. The first kappa shape index (κ1) is 5.35. The smallest absolute Gasteiger partial charge is 0.132 e. The lowest BCUT2D eigenvalue weighted by Crippen LogP contribution is -2.12. The summed E-state index contributed by atoms with van der Waals surface area (Å²) in [6.07, 6.45) is 1.80. The summed E-state index contributed by atoms with van der Waals surface area (Å²) >= 11 is 0. The molecule has 8 heavy (non-hydrogen) atoms. The molecule has 0 unspecified atom stereocenters. The molecule has 1 fully saturated rings. The van der Waals surface area contributed by atoms with E-state index in [1.54, 1.807) is 0 Å². The third-order valence-corrected chi connectivity index (χ3v) is 1.18. The van der Waals surface area contributed by atoms with Crippen LogP contribution in [-0.4, -0.2) is 12.3 Å². The van der Waals surface area contributed by atoms with E-state index < -0.39 is 0 Å². The molecular formula is C6H9NO. The van der Waals surface area contributed by atoms with Gasteiger partial charge in [0.05, 0.1) is 12.3 Å². The van der Waals surface area contributed by atoms with Gasteiger partial charge in [-0.05, 0) is 12.8 Å². The Morgan fingerprint density at radius 2 is 2.38 bits per heavy atom. The summed E-state index contributed by atoms with van der Waals surface area (Å²) in [6.45, 7) is 4.29. The Bertz CT molecular complexity index is 112. The van der Waals surface area contributed by atoms with Gasteiger partial charge in [-0.2, -0.15) is 0 Å². The molecule has 0 atom stereocenters. The summed E-state index contributed by atoms with van der Waals surface area (Å²) in [5, 5.41) is 7.17. The number of allylic oxidation sites excluding steroid dienone is 1. The molecule has 0 amide bonds. The fourth-order valence-corrected chi connectivity index (χ4v) is 0.671. The van der Waals surface area contributed by atoms with Crippen LogP contribution in [0, 0.1) is 5.41 Å². The Labute approximate surface area is 48.7 Å². The van der Waals surface area contributed by atoms with E-state index in [4.69, 9.17) is 10.1 Å². The van der Waals surface area contributed by atoms with Crippen molar-refractivity contribution in [3.63, 3.8) is 0 Å². The minimum atomic E-state index is 0.552. The Kier molecular flexibility index (Phi) is 1.33. The average molecular weight is 111 g/mol. The molecule has 1 heterocycles. The molecule has 0 aromatic heterocycles. The molecule has 1 N–H and O–H groups in total. The Morgan fingerprint density at radius 3 is 2.75 bits per heavy atom. The van der Waals surface area contributed by atoms with Gasteiger partial charge in [0.25, 0.3) is 0 Å². The van der Waals surface area contributed by atoms with Crippen LogP contribution in [0.2, 0.25) is 0 Å². The van der Waals surface area contributed by atoms with E-state index in [0.29, 0.717) is 11.5 Å². The summed E-state index contributed by atoms with van der Waals surface area (Å²) in [4.78, 5) is 0. The van der Waals surface area contributed by atoms with Crippen LogP contribution in [-0.2, 0) is 4.74 Å². The summed E-state index contributed by atoms with van der Waals surface area (Å²) < 4.78 is 4.97. The molecule has 0 spiro atoms. The Balaban J connectivity index is 2.52. The van der Waals surface area contributed by atoms with Crippen molar-refractivity contribution in [3.8, 4) is 0 Å². The van der Waals surface area contributed by atoms with Gasteiger partial charge in [-0.15, -0.1) is 0 Å². The second kappa shape index (κ2) is 1.99. The highest BCUT2D eigenvalue weighted by atomic mass is 16.5. The highest BCUT2D eigenvalue weighted by Crippen LogP contribution is 2.09. The topological polar surface area (TPSA) is 33.1 Å². The zero-order valence-corrected chi connectivity index (χ0v) is 4.74. The zero-order valence-electron chi connectivity index (χ0n) is 4.74. The molecule has 2 nitrogen and oxygen atoms in total. The zero-order chi connectivity index (χ0) is 5.98. The molecule has 0 radical (unpaired) electrons. The van der Waals surface area contributed by atoms with E-state index in [9.17, 15) is 0 Å². The molecule has 0 bridgehead atoms. The predicted octanol–water partition coefficient (Wildman–Crippen LogP) is 1.33. The van der Waals surface area contributed by atoms with Crippen LogP contribution in [0.4, 0.5) is 0 Å². The van der Waals surface area contributed by atoms with Crippen LogP contribution in [0.5, 0.6) is 0 Å². The van der Waals surface area contributed by atoms with Gasteiger partial charge in [-0.1, -0.05) is 6.58 Å². The standard InChI is InChI=1S/C6H9NO/c1-5-6(7)3-2-4-8-5/h7H,1-4H2. The first-order valence-corrected chi connectivity index (χ1v) is 2.70. The average Bonchev–Trinajstić information content (AvgIpc) is 1.77. The van der Waals surface area contributed by atoms with Crippen molar-refractivity contribution in [2.24, 2.45) is 0 Å². The maximum Gasteiger partial charge on any atom is 0.132 e. The molecular weight excluding hydrogens is 102 g/mol. The van der Waals surface area contributed by atoms with Gasteiger partial charge in [-0.3, -0.25) is 0 Å². The van der Waals surface area contributed by atoms with E-state index in [1.165, 1.54) is 0 Å². The molecule has 1 rings (SSSR count). The van der Waals surface area contributed by atoms with Crippen LogP contribution < -0.4 is 0 Å². The van der Waals surface area contributed by atoms with Crippen molar-refractivity contribution in [2.45, 2.75) is 12.8 Å². The van der Waals surface area contributed by atoms with Gasteiger partial charge in [0.1, 0.15) is 5.76 Å². The van der Waals surface area contributed by atoms with E-state index in [0.717, 1.165) is 19.4 Å². The fourth-order valence-electron chi connectivity index (χ4n) is 0.671. The first-order valence-electron chi connectivity index (χ1n) is 2.70. The lowest BCUT2D eigenvalue weighted by molar-refractivity contribution is 0.215. The Hall–Kier alpha value is -0.790. The van der Waals surface area contributed by atoms with E-state index >= 15 is 0 Å².